The summed E-state index contributed by atoms with van der Waals surface area (Å²) >= 11 is 0. The molecule has 0 spiro atoms. The van der Waals surface area contributed by atoms with E-state index in [1.807, 2.05) is 11.8 Å². The Hall–Kier alpha value is -1.63. The molecule has 19 heavy (non-hydrogen) atoms. The zero-order chi connectivity index (χ0) is 14.0. The van der Waals surface area contributed by atoms with Crippen molar-refractivity contribution in [3.05, 3.63) is 29.3 Å². The van der Waals surface area contributed by atoms with Gasteiger partial charge in [0.25, 0.3) is 5.91 Å². The van der Waals surface area contributed by atoms with Crippen LogP contribution in [0.1, 0.15) is 29.8 Å². The van der Waals surface area contributed by atoms with Crippen LogP contribution in [-0.4, -0.2) is 40.0 Å². The van der Waals surface area contributed by atoms with Gasteiger partial charge in [-0.1, -0.05) is 6.07 Å². The number of hydrogen-bond donors (Lipinski definition) is 3. The van der Waals surface area contributed by atoms with E-state index in [9.17, 15) is 9.90 Å². The highest BCUT2D eigenvalue weighted by molar-refractivity contribution is 5.93. The van der Waals surface area contributed by atoms with Gasteiger partial charge in [-0.15, -0.1) is 0 Å². The topological polar surface area (TPSA) is 82.0 Å². The van der Waals surface area contributed by atoms with Crippen molar-refractivity contribution in [3.63, 3.8) is 0 Å². The smallest absolute Gasteiger partial charge is 0.274 e. The van der Waals surface area contributed by atoms with Crippen LogP contribution in [0.4, 0.5) is 0 Å². The number of nitrogens with zero attached hydrogens (tertiary/aromatic N) is 1. The van der Waals surface area contributed by atoms with Crippen LogP contribution >= 0.6 is 0 Å². The Morgan fingerprint density at radius 1 is 1.58 bits per heavy atom. The Balaban J connectivity index is 2.30. The second-order valence-electron chi connectivity index (χ2n) is 4.73. The van der Waals surface area contributed by atoms with Gasteiger partial charge in [0.1, 0.15) is 18.6 Å². The van der Waals surface area contributed by atoms with Crippen LogP contribution in [0, 0.1) is 0 Å². The average Bonchev–Trinajstić information content (AvgIpc) is 2.57. The van der Waals surface area contributed by atoms with Crippen LogP contribution in [0.2, 0.25) is 0 Å². The Morgan fingerprint density at radius 2 is 2.32 bits per heavy atom. The van der Waals surface area contributed by atoms with Crippen LogP contribution < -0.4 is 10.2 Å². The molecule has 3 N–H and O–H groups in total. The fourth-order valence-corrected chi connectivity index (χ4v) is 2.18. The molecule has 0 saturated carbocycles. The molecule has 1 aromatic rings. The normalized spacial score (nSPS) is 20.9. The molecule has 6 heteroatoms. The minimum absolute atomic E-state index is 0.0718. The number of rotatable bonds is 2. The van der Waals surface area contributed by atoms with Crippen molar-refractivity contribution in [3.8, 4) is 5.75 Å². The molecule has 1 unspecified atom stereocenters. The van der Waals surface area contributed by atoms with Crippen LogP contribution in [0.15, 0.2) is 18.2 Å². The van der Waals surface area contributed by atoms with E-state index in [-0.39, 0.29) is 6.04 Å². The molecule has 0 radical (unpaired) electrons. The maximum absolute atomic E-state index is 11.4. The van der Waals surface area contributed by atoms with Crippen molar-refractivity contribution in [1.82, 2.24) is 10.4 Å². The molecular formula is C13H18N2O4. The monoisotopic (exact) mass is 266 g/mol. The summed E-state index contributed by atoms with van der Waals surface area (Å²) < 4.78 is 5.66. The van der Waals surface area contributed by atoms with Gasteiger partial charge in [0.2, 0.25) is 0 Å². The lowest BCUT2D eigenvalue weighted by Crippen LogP contribution is -2.41. The standard InChI is InChI=1S/C13H18N2O4/c1-8-7-19-12-5-10(13(17)14-18)3-4-11(12)6-15(8)9(2)16/h3-5,8-9,16,18H,6-7H2,1-2H3,(H,14,17)/t8-,9?/m0/s1. The van der Waals surface area contributed by atoms with E-state index in [1.54, 1.807) is 30.6 Å². The number of hydroxylamine groups is 1. The van der Waals surface area contributed by atoms with Gasteiger partial charge in [-0.05, 0) is 26.0 Å². The molecule has 1 aromatic carbocycles. The molecule has 1 aliphatic heterocycles. The Morgan fingerprint density at radius 3 is 2.95 bits per heavy atom. The molecule has 2 rings (SSSR count). The summed E-state index contributed by atoms with van der Waals surface area (Å²) in [5.74, 6) is 0.0344. The highest BCUT2D eigenvalue weighted by Crippen LogP contribution is 2.27. The molecule has 2 atom stereocenters. The van der Waals surface area contributed by atoms with E-state index < -0.39 is 12.1 Å². The van der Waals surface area contributed by atoms with E-state index in [4.69, 9.17) is 9.94 Å². The second-order valence-corrected chi connectivity index (χ2v) is 4.73. The number of ether oxygens (including phenoxy) is 1. The van der Waals surface area contributed by atoms with E-state index >= 15 is 0 Å². The van der Waals surface area contributed by atoms with Gasteiger partial charge < -0.3 is 9.84 Å². The van der Waals surface area contributed by atoms with Crippen LogP contribution in [0.3, 0.4) is 0 Å². The van der Waals surface area contributed by atoms with Gasteiger partial charge in [0.05, 0.1) is 0 Å². The minimum atomic E-state index is -0.573. The molecule has 6 nitrogen and oxygen atoms in total. The Bertz CT molecular complexity index is 476. The zero-order valence-corrected chi connectivity index (χ0v) is 11.0. The number of carbonyl (C=O) groups excluding carboxylic acids is 1. The number of fused-ring (bicyclic) bond motifs is 1. The third kappa shape index (κ3) is 2.86. The molecule has 0 aliphatic carbocycles. The Kier molecular flexibility index (Phi) is 4.04. The summed E-state index contributed by atoms with van der Waals surface area (Å²) in [6, 6.07) is 5.05. The van der Waals surface area contributed by atoms with Crippen molar-refractivity contribution < 1.29 is 19.8 Å². The maximum atomic E-state index is 11.4. The number of hydrogen-bond acceptors (Lipinski definition) is 5. The highest BCUT2D eigenvalue weighted by atomic mass is 16.5. The van der Waals surface area contributed by atoms with Gasteiger partial charge in [0, 0.05) is 23.7 Å². The predicted molar refractivity (Wildman–Crippen MR) is 67.9 cm³/mol. The maximum Gasteiger partial charge on any atom is 0.274 e. The number of aliphatic hydroxyl groups excluding tert-OH is 1. The largest absolute Gasteiger partial charge is 0.492 e. The molecule has 1 aliphatic rings. The SMILES string of the molecule is CC(O)N1Cc2ccc(C(=O)NO)cc2OC[C@@H]1C. The number of aliphatic hydroxyl groups is 1. The van der Waals surface area contributed by atoms with Crippen LogP contribution in [-0.2, 0) is 6.54 Å². The summed E-state index contributed by atoms with van der Waals surface area (Å²) in [4.78, 5) is 13.3. The summed E-state index contributed by atoms with van der Waals surface area (Å²) in [5, 5.41) is 18.4. The molecule has 0 aromatic heterocycles. The first-order valence-corrected chi connectivity index (χ1v) is 6.17. The molecular weight excluding hydrogens is 248 g/mol. The van der Waals surface area contributed by atoms with Crippen molar-refractivity contribution in [2.45, 2.75) is 32.7 Å². The predicted octanol–water partition coefficient (Wildman–Crippen LogP) is 0.727. The lowest BCUT2D eigenvalue weighted by atomic mass is 10.1. The summed E-state index contributed by atoms with van der Waals surface area (Å²) in [6.07, 6.45) is -0.565. The van der Waals surface area contributed by atoms with E-state index in [0.717, 1.165) is 5.56 Å². The zero-order valence-electron chi connectivity index (χ0n) is 11.0. The number of amides is 1. The lowest BCUT2D eigenvalue weighted by Gasteiger charge is -2.28. The van der Waals surface area contributed by atoms with Crippen LogP contribution in [0.5, 0.6) is 5.75 Å². The first-order valence-electron chi connectivity index (χ1n) is 6.17. The number of carbonyl (C=O) groups is 1. The van der Waals surface area contributed by atoms with Gasteiger partial charge in [-0.2, -0.15) is 0 Å². The molecule has 1 amide bonds. The first kappa shape index (κ1) is 13.8. The second kappa shape index (κ2) is 5.56. The van der Waals surface area contributed by atoms with Gasteiger partial charge >= 0.3 is 0 Å². The van der Waals surface area contributed by atoms with E-state index in [2.05, 4.69) is 0 Å². The molecule has 0 bridgehead atoms. The van der Waals surface area contributed by atoms with Crippen molar-refractivity contribution in [2.24, 2.45) is 0 Å². The van der Waals surface area contributed by atoms with Crippen molar-refractivity contribution >= 4 is 5.91 Å². The third-order valence-electron chi connectivity index (χ3n) is 3.31. The third-order valence-corrected chi connectivity index (χ3v) is 3.31. The van der Waals surface area contributed by atoms with E-state index in [1.165, 1.54) is 0 Å². The summed E-state index contributed by atoms with van der Waals surface area (Å²) in [6.45, 7) is 4.67. The van der Waals surface area contributed by atoms with Crippen LogP contribution in [0.25, 0.3) is 0 Å². The van der Waals surface area contributed by atoms with Gasteiger partial charge in [-0.3, -0.25) is 14.9 Å². The molecule has 0 saturated heterocycles. The quantitative estimate of drug-likeness (QED) is 0.543. The first-order chi connectivity index (χ1) is 9.02. The number of benzene rings is 1. The highest BCUT2D eigenvalue weighted by Gasteiger charge is 2.25. The summed E-state index contributed by atoms with van der Waals surface area (Å²) in [5.41, 5.74) is 2.83. The van der Waals surface area contributed by atoms with Crippen molar-refractivity contribution in [1.29, 1.82) is 0 Å². The lowest BCUT2D eigenvalue weighted by molar-refractivity contribution is -0.0188. The number of nitrogens with one attached hydrogen (secondary N) is 1. The van der Waals surface area contributed by atoms with E-state index in [0.29, 0.717) is 24.5 Å². The molecule has 104 valence electrons. The van der Waals surface area contributed by atoms with Gasteiger partial charge in [-0.25, -0.2) is 5.48 Å². The Labute approximate surface area is 111 Å². The fourth-order valence-electron chi connectivity index (χ4n) is 2.18. The van der Waals surface area contributed by atoms with Crippen molar-refractivity contribution in [2.75, 3.05) is 6.61 Å². The summed E-state index contributed by atoms with van der Waals surface area (Å²) in [7, 11) is 0. The fraction of sp³-hybridized carbons (Fsp3) is 0.462. The average molecular weight is 266 g/mol. The molecule has 0 fully saturated rings. The van der Waals surface area contributed by atoms with Gasteiger partial charge in [0.15, 0.2) is 0 Å². The minimum Gasteiger partial charge on any atom is -0.492 e. The molecule has 1 heterocycles.